The highest BCUT2D eigenvalue weighted by Crippen LogP contribution is 2.20. The average molecular weight is 385 g/mol. The van der Waals surface area contributed by atoms with Crippen LogP contribution < -0.4 is 0 Å². The quantitative estimate of drug-likeness (QED) is 0.156. The van der Waals surface area contributed by atoms with Crippen LogP contribution in [0.1, 0.15) is 117 Å². The third-order valence-corrected chi connectivity index (χ3v) is 7.47. The van der Waals surface area contributed by atoms with Crippen LogP contribution in [0.5, 0.6) is 0 Å². The second kappa shape index (κ2) is 18.2. The van der Waals surface area contributed by atoms with Crippen molar-refractivity contribution in [2.24, 2.45) is 0 Å². The highest BCUT2D eigenvalue weighted by Gasteiger charge is 2.30. The molecule has 0 aliphatic carbocycles. The summed E-state index contributed by atoms with van der Waals surface area (Å²) in [5, 5.41) is 0. The molecular formula is C23H48O2Si. The van der Waals surface area contributed by atoms with Gasteiger partial charge in [-0.1, -0.05) is 97.8 Å². The number of hydrogen-bond donors (Lipinski definition) is 0. The zero-order chi connectivity index (χ0) is 19.5. The standard InChI is InChI=1S/C23H48O2Si/c1-6-10-12-13-14-15-16-17-18-19-22-24-26(5,9-4)25-23(20-8-3)21-11-7-2/h9,23H,4,6-8,10-22H2,1-3,5H3. The van der Waals surface area contributed by atoms with Crippen LogP contribution in [-0.4, -0.2) is 21.3 Å². The van der Waals surface area contributed by atoms with Gasteiger partial charge in [-0.25, -0.2) is 0 Å². The molecule has 0 N–H and O–H groups in total. The molecule has 0 aliphatic heterocycles. The first-order valence-corrected chi connectivity index (χ1v) is 14.0. The molecule has 0 aromatic heterocycles. The Hall–Kier alpha value is -0.123. The van der Waals surface area contributed by atoms with Gasteiger partial charge in [0.05, 0.1) is 0 Å². The Morgan fingerprint density at radius 2 is 1.27 bits per heavy atom. The van der Waals surface area contributed by atoms with Gasteiger partial charge in [0.25, 0.3) is 0 Å². The fraction of sp³-hybridized carbons (Fsp3) is 0.913. The molecule has 0 spiro atoms. The van der Waals surface area contributed by atoms with E-state index in [2.05, 4.69) is 33.9 Å². The van der Waals surface area contributed by atoms with Crippen LogP contribution in [0, 0.1) is 0 Å². The smallest absolute Gasteiger partial charge is 0.361 e. The Morgan fingerprint density at radius 3 is 1.77 bits per heavy atom. The summed E-state index contributed by atoms with van der Waals surface area (Å²) in [6.07, 6.45) is 19.9. The SMILES string of the molecule is C=C[Si](C)(OCCCCCCCCCCCC)OC(CCC)CCCC. The number of rotatable bonds is 20. The van der Waals surface area contributed by atoms with Crippen molar-refractivity contribution >= 4 is 8.56 Å². The van der Waals surface area contributed by atoms with Crippen LogP contribution in [0.4, 0.5) is 0 Å². The Morgan fingerprint density at radius 1 is 0.731 bits per heavy atom. The van der Waals surface area contributed by atoms with E-state index in [4.69, 9.17) is 8.85 Å². The van der Waals surface area contributed by atoms with Crippen LogP contribution in [0.15, 0.2) is 12.3 Å². The van der Waals surface area contributed by atoms with Crippen LogP contribution in [0.3, 0.4) is 0 Å². The van der Waals surface area contributed by atoms with E-state index in [1.54, 1.807) is 0 Å². The lowest BCUT2D eigenvalue weighted by molar-refractivity contribution is 0.108. The van der Waals surface area contributed by atoms with E-state index >= 15 is 0 Å². The Kier molecular flexibility index (Phi) is 18.2. The Balaban J connectivity index is 3.82. The van der Waals surface area contributed by atoms with Crippen molar-refractivity contribution in [2.75, 3.05) is 6.61 Å². The lowest BCUT2D eigenvalue weighted by Crippen LogP contribution is -2.41. The predicted octanol–water partition coefficient (Wildman–Crippen LogP) is 8.10. The van der Waals surface area contributed by atoms with Crippen LogP contribution >= 0.6 is 0 Å². The largest absolute Gasteiger partial charge is 0.391 e. The molecule has 0 aromatic rings. The molecule has 0 saturated heterocycles. The zero-order valence-corrected chi connectivity index (χ0v) is 19.5. The molecule has 26 heavy (non-hydrogen) atoms. The molecule has 0 bridgehead atoms. The van der Waals surface area contributed by atoms with Gasteiger partial charge in [0.1, 0.15) is 0 Å². The van der Waals surface area contributed by atoms with Crippen LogP contribution in [0.2, 0.25) is 6.55 Å². The fourth-order valence-electron chi connectivity index (χ4n) is 3.35. The van der Waals surface area contributed by atoms with Crippen molar-refractivity contribution in [3.8, 4) is 0 Å². The van der Waals surface area contributed by atoms with Gasteiger partial charge in [0.15, 0.2) is 0 Å². The van der Waals surface area contributed by atoms with E-state index in [0.29, 0.717) is 6.10 Å². The monoisotopic (exact) mass is 384 g/mol. The highest BCUT2D eigenvalue weighted by molar-refractivity contribution is 6.71. The van der Waals surface area contributed by atoms with Gasteiger partial charge >= 0.3 is 8.56 Å². The van der Waals surface area contributed by atoms with E-state index in [1.807, 2.05) is 5.70 Å². The molecule has 3 heteroatoms. The second-order valence-corrected chi connectivity index (χ2v) is 10.9. The van der Waals surface area contributed by atoms with E-state index in [9.17, 15) is 0 Å². The van der Waals surface area contributed by atoms with Gasteiger partial charge < -0.3 is 8.85 Å². The first-order valence-electron chi connectivity index (χ1n) is 11.6. The minimum atomic E-state index is -2.20. The summed E-state index contributed by atoms with van der Waals surface area (Å²) >= 11 is 0. The Bertz CT molecular complexity index is 309. The maximum atomic E-state index is 6.42. The summed E-state index contributed by atoms with van der Waals surface area (Å²) in [7, 11) is -2.20. The van der Waals surface area contributed by atoms with Crippen molar-refractivity contribution in [1.29, 1.82) is 0 Å². The maximum absolute atomic E-state index is 6.42. The number of unbranched alkanes of at least 4 members (excludes halogenated alkanes) is 10. The molecule has 2 nitrogen and oxygen atoms in total. The maximum Gasteiger partial charge on any atom is 0.361 e. The van der Waals surface area contributed by atoms with Gasteiger partial charge in [-0.05, 0) is 31.5 Å². The first kappa shape index (κ1) is 25.9. The first-order chi connectivity index (χ1) is 12.6. The molecule has 156 valence electrons. The van der Waals surface area contributed by atoms with Gasteiger partial charge in [-0.2, -0.15) is 0 Å². The van der Waals surface area contributed by atoms with Crippen molar-refractivity contribution in [3.05, 3.63) is 12.3 Å². The summed E-state index contributed by atoms with van der Waals surface area (Å²) in [4.78, 5) is 0. The minimum Gasteiger partial charge on any atom is -0.391 e. The van der Waals surface area contributed by atoms with Gasteiger partial charge in [0.2, 0.25) is 0 Å². The molecule has 0 rings (SSSR count). The van der Waals surface area contributed by atoms with Gasteiger partial charge in [-0.15, -0.1) is 6.58 Å². The lowest BCUT2D eigenvalue weighted by atomic mass is 10.1. The third-order valence-electron chi connectivity index (χ3n) is 5.15. The van der Waals surface area contributed by atoms with Crippen molar-refractivity contribution in [3.63, 3.8) is 0 Å². The lowest BCUT2D eigenvalue weighted by Gasteiger charge is -2.29. The summed E-state index contributed by atoms with van der Waals surface area (Å²) in [5.41, 5.74) is 1.97. The Labute approximate surface area is 166 Å². The zero-order valence-electron chi connectivity index (χ0n) is 18.5. The highest BCUT2D eigenvalue weighted by atomic mass is 28.4. The second-order valence-electron chi connectivity index (χ2n) is 7.92. The summed E-state index contributed by atoms with van der Waals surface area (Å²) < 4.78 is 12.6. The van der Waals surface area contributed by atoms with Crippen LogP contribution in [-0.2, 0) is 8.85 Å². The summed E-state index contributed by atoms with van der Waals surface area (Å²) in [6.45, 7) is 13.8. The molecule has 0 amide bonds. The minimum absolute atomic E-state index is 0.349. The van der Waals surface area contributed by atoms with Crippen molar-refractivity contribution < 1.29 is 8.85 Å². The van der Waals surface area contributed by atoms with E-state index in [-0.39, 0.29) is 0 Å². The van der Waals surface area contributed by atoms with E-state index in [0.717, 1.165) is 25.9 Å². The molecule has 0 aliphatic rings. The molecule has 0 radical (unpaired) electrons. The molecular weight excluding hydrogens is 336 g/mol. The predicted molar refractivity (Wildman–Crippen MR) is 119 cm³/mol. The normalized spacial score (nSPS) is 14.9. The molecule has 2 unspecified atom stereocenters. The van der Waals surface area contributed by atoms with Crippen molar-refractivity contribution in [1.82, 2.24) is 0 Å². The molecule has 0 fully saturated rings. The summed E-state index contributed by atoms with van der Waals surface area (Å²) in [6, 6.07) is 0. The topological polar surface area (TPSA) is 18.5 Å². The van der Waals surface area contributed by atoms with E-state index < -0.39 is 8.56 Å². The van der Waals surface area contributed by atoms with Crippen molar-refractivity contribution in [2.45, 2.75) is 130 Å². The van der Waals surface area contributed by atoms with Crippen LogP contribution in [0.25, 0.3) is 0 Å². The number of hydrogen-bond acceptors (Lipinski definition) is 2. The fourth-order valence-corrected chi connectivity index (χ4v) is 5.08. The molecule has 0 aromatic carbocycles. The molecule has 0 heterocycles. The van der Waals surface area contributed by atoms with Gasteiger partial charge in [0, 0.05) is 12.7 Å². The average Bonchev–Trinajstić information content (AvgIpc) is 2.64. The summed E-state index contributed by atoms with van der Waals surface area (Å²) in [5.74, 6) is 0. The molecule has 2 atom stereocenters. The van der Waals surface area contributed by atoms with E-state index in [1.165, 1.54) is 77.0 Å². The van der Waals surface area contributed by atoms with Gasteiger partial charge in [-0.3, -0.25) is 0 Å². The molecule has 0 saturated carbocycles. The third kappa shape index (κ3) is 15.0.